The highest BCUT2D eigenvalue weighted by molar-refractivity contribution is 6.04. The minimum Gasteiger partial charge on any atom is -0.352 e. The molecule has 3 rings (SSSR count). The number of rotatable bonds is 5. The molecule has 26 heavy (non-hydrogen) atoms. The molecule has 1 aliphatic heterocycles. The minimum absolute atomic E-state index is 0.0672. The maximum atomic E-state index is 12.9. The molecule has 2 aromatic rings. The van der Waals surface area contributed by atoms with Gasteiger partial charge in [0.25, 0.3) is 5.91 Å². The molecule has 0 unspecified atom stereocenters. The quantitative estimate of drug-likeness (QED) is 0.772. The third-order valence-corrected chi connectivity index (χ3v) is 4.47. The van der Waals surface area contributed by atoms with Crippen molar-refractivity contribution in [2.45, 2.75) is 19.4 Å². The van der Waals surface area contributed by atoms with Crippen LogP contribution in [0.2, 0.25) is 0 Å². The number of carbonyl (C=O) groups is 2. The Morgan fingerprint density at radius 2 is 1.81 bits per heavy atom. The molecule has 2 amide bonds. The highest BCUT2D eigenvalue weighted by Crippen LogP contribution is 2.15. The van der Waals surface area contributed by atoms with Gasteiger partial charge in [-0.2, -0.15) is 0 Å². The lowest BCUT2D eigenvalue weighted by Crippen LogP contribution is -2.37. The summed E-state index contributed by atoms with van der Waals surface area (Å²) in [5, 5.41) is 9.00. The molecule has 1 aliphatic rings. The van der Waals surface area contributed by atoms with Gasteiger partial charge >= 0.3 is 0 Å². The summed E-state index contributed by atoms with van der Waals surface area (Å²) in [7, 11) is 0. The molecule has 3 N–H and O–H groups in total. The summed E-state index contributed by atoms with van der Waals surface area (Å²) in [6.45, 7) is 2.18. The van der Waals surface area contributed by atoms with E-state index in [1.165, 1.54) is 24.3 Å². The van der Waals surface area contributed by atoms with E-state index in [0.717, 1.165) is 31.5 Å². The summed E-state index contributed by atoms with van der Waals surface area (Å²) < 4.78 is 12.9. The normalized spacial score (nSPS) is 14.7. The molecule has 0 aliphatic carbocycles. The second-order valence-corrected chi connectivity index (χ2v) is 6.40. The molecule has 0 atom stereocenters. The standard InChI is InChI=1S/C20H22FN3O2/c21-17-6-4-15(5-7-17)20(26)24-18-3-1-2-14(12-18)13-23-19(25)16-8-10-22-11-9-16/h1-7,12,16,22H,8-11,13H2,(H,23,25)(H,24,26). The van der Waals surface area contributed by atoms with Crippen molar-refractivity contribution in [3.8, 4) is 0 Å². The molecule has 0 spiro atoms. The molecule has 0 radical (unpaired) electrons. The van der Waals surface area contributed by atoms with Crippen LogP contribution in [0.5, 0.6) is 0 Å². The largest absolute Gasteiger partial charge is 0.352 e. The van der Waals surface area contributed by atoms with Crippen LogP contribution in [0.4, 0.5) is 10.1 Å². The average molecular weight is 355 g/mol. The molecular formula is C20H22FN3O2. The lowest BCUT2D eigenvalue weighted by molar-refractivity contribution is -0.125. The summed E-state index contributed by atoms with van der Waals surface area (Å²) in [5.74, 6) is -0.543. The third kappa shape index (κ3) is 4.89. The fourth-order valence-electron chi connectivity index (χ4n) is 2.98. The average Bonchev–Trinajstić information content (AvgIpc) is 2.67. The Bertz CT molecular complexity index is 771. The van der Waals surface area contributed by atoms with Crippen LogP contribution in [-0.4, -0.2) is 24.9 Å². The number of hydrogen-bond acceptors (Lipinski definition) is 3. The van der Waals surface area contributed by atoms with E-state index in [9.17, 15) is 14.0 Å². The van der Waals surface area contributed by atoms with E-state index < -0.39 is 0 Å². The number of nitrogens with one attached hydrogen (secondary N) is 3. The van der Waals surface area contributed by atoms with Crippen LogP contribution in [0, 0.1) is 11.7 Å². The van der Waals surface area contributed by atoms with E-state index in [1.54, 1.807) is 6.07 Å². The Morgan fingerprint density at radius 3 is 2.54 bits per heavy atom. The van der Waals surface area contributed by atoms with Gasteiger partial charge < -0.3 is 16.0 Å². The van der Waals surface area contributed by atoms with E-state index in [4.69, 9.17) is 0 Å². The fraction of sp³-hybridized carbons (Fsp3) is 0.300. The van der Waals surface area contributed by atoms with Crippen LogP contribution in [0.15, 0.2) is 48.5 Å². The molecule has 1 heterocycles. The molecular weight excluding hydrogens is 333 g/mol. The highest BCUT2D eigenvalue weighted by atomic mass is 19.1. The van der Waals surface area contributed by atoms with Crippen molar-refractivity contribution in [3.63, 3.8) is 0 Å². The Kier molecular flexibility index (Phi) is 5.96. The molecule has 0 bridgehead atoms. The Hall–Kier alpha value is -2.73. The van der Waals surface area contributed by atoms with Gasteiger partial charge in [0.2, 0.25) is 5.91 Å². The predicted octanol–water partition coefficient (Wildman–Crippen LogP) is 2.69. The maximum absolute atomic E-state index is 12.9. The van der Waals surface area contributed by atoms with Crippen molar-refractivity contribution in [1.82, 2.24) is 10.6 Å². The number of hydrogen-bond donors (Lipinski definition) is 3. The van der Waals surface area contributed by atoms with Gasteiger partial charge in [0, 0.05) is 23.7 Å². The minimum atomic E-state index is -0.381. The van der Waals surface area contributed by atoms with Crippen molar-refractivity contribution in [2.75, 3.05) is 18.4 Å². The monoisotopic (exact) mass is 355 g/mol. The Morgan fingerprint density at radius 1 is 1.08 bits per heavy atom. The van der Waals surface area contributed by atoms with Crippen LogP contribution in [0.25, 0.3) is 0 Å². The van der Waals surface area contributed by atoms with Gasteiger partial charge in [-0.3, -0.25) is 9.59 Å². The highest BCUT2D eigenvalue weighted by Gasteiger charge is 2.20. The van der Waals surface area contributed by atoms with Gasteiger partial charge in [0.15, 0.2) is 0 Å². The van der Waals surface area contributed by atoms with Crippen LogP contribution < -0.4 is 16.0 Å². The maximum Gasteiger partial charge on any atom is 0.255 e. The summed E-state index contributed by atoms with van der Waals surface area (Å²) in [5.41, 5.74) is 1.92. The van der Waals surface area contributed by atoms with Gasteiger partial charge in [-0.25, -0.2) is 4.39 Å². The van der Waals surface area contributed by atoms with Crippen molar-refractivity contribution in [1.29, 1.82) is 0 Å². The smallest absolute Gasteiger partial charge is 0.255 e. The van der Waals surface area contributed by atoms with Crippen molar-refractivity contribution in [3.05, 3.63) is 65.5 Å². The van der Waals surface area contributed by atoms with E-state index in [-0.39, 0.29) is 23.5 Å². The Labute approximate surface area is 152 Å². The number of halogens is 1. The zero-order valence-electron chi connectivity index (χ0n) is 14.4. The number of piperidine rings is 1. The van der Waals surface area contributed by atoms with Gasteiger partial charge in [-0.15, -0.1) is 0 Å². The summed E-state index contributed by atoms with van der Waals surface area (Å²) in [6.07, 6.45) is 1.72. The molecule has 0 aromatic heterocycles. The lowest BCUT2D eigenvalue weighted by Gasteiger charge is -2.21. The van der Waals surface area contributed by atoms with E-state index in [1.807, 2.05) is 18.2 Å². The number of benzene rings is 2. The van der Waals surface area contributed by atoms with Gasteiger partial charge in [0.05, 0.1) is 0 Å². The van der Waals surface area contributed by atoms with E-state index in [2.05, 4.69) is 16.0 Å². The zero-order chi connectivity index (χ0) is 18.4. The number of amides is 2. The van der Waals surface area contributed by atoms with Gasteiger partial charge in [0.1, 0.15) is 5.82 Å². The fourth-order valence-corrected chi connectivity index (χ4v) is 2.98. The zero-order valence-corrected chi connectivity index (χ0v) is 14.4. The number of carbonyl (C=O) groups excluding carboxylic acids is 2. The molecule has 1 saturated heterocycles. The summed E-state index contributed by atoms with van der Waals surface area (Å²) in [6, 6.07) is 12.7. The van der Waals surface area contributed by atoms with Gasteiger partial charge in [-0.1, -0.05) is 12.1 Å². The van der Waals surface area contributed by atoms with E-state index >= 15 is 0 Å². The molecule has 5 nitrogen and oxygen atoms in total. The number of anilines is 1. The predicted molar refractivity (Wildman–Crippen MR) is 98.2 cm³/mol. The summed E-state index contributed by atoms with van der Waals surface area (Å²) in [4.78, 5) is 24.4. The third-order valence-electron chi connectivity index (χ3n) is 4.47. The van der Waals surface area contributed by atoms with Gasteiger partial charge in [-0.05, 0) is 67.9 Å². The first-order valence-corrected chi connectivity index (χ1v) is 8.76. The van der Waals surface area contributed by atoms with Crippen LogP contribution in [0.3, 0.4) is 0 Å². The molecule has 6 heteroatoms. The molecule has 2 aromatic carbocycles. The first kappa shape index (κ1) is 18.1. The second kappa shape index (κ2) is 8.58. The van der Waals surface area contributed by atoms with Crippen molar-refractivity contribution in [2.24, 2.45) is 5.92 Å². The van der Waals surface area contributed by atoms with Crippen molar-refractivity contribution >= 4 is 17.5 Å². The van der Waals surface area contributed by atoms with E-state index in [0.29, 0.717) is 17.8 Å². The van der Waals surface area contributed by atoms with Crippen LogP contribution in [-0.2, 0) is 11.3 Å². The second-order valence-electron chi connectivity index (χ2n) is 6.40. The first-order chi connectivity index (χ1) is 12.6. The SMILES string of the molecule is O=C(Nc1cccc(CNC(=O)C2CCNCC2)c1)c1ccc(F)cc1. The lowest BCUT2D eigenvalue weighted by atomic mass is 9.97. The van der Waals surface area contributed by atoms with Crippen molar-refractivity contribution < 1.29 is 14.0 Å². The van der Waals surface area contributed by atoms with Crippen LogP contribution in [0.1, 0.15) is 28.8 Å². The summed E-state index contributed by atoms with van der Waals surface area (Å²) >= 11 is 0. The Balaban J connectivity index is 1.56. The van der Waals surface area contributed by atoms with Crippen LogP contribution >= 0.6 is 0 Å². The molecule has 136 valence electrons. The topological polar surface area (TPSA) is 70.2 Å². The first-order valence-electron chi connectivity index (χ1n) is 8.76. The molecule has 0 saturated carbocycles. The molecule has 1 fully saturated rings.